The molecule has 0 aliphatic heterocycles. The summed E-state index contributed by atoms with van der Waals surface area (Å²) in [5.41, 5.74) is 2.18. The number of pyridine rings is 1. The number of Topliss-reactive ketones (excluding diaryl/α,β-unsaturated/α-hetero) is 2. The van der Waals surface area contributed by atoms with Crippen LogP contribution in [0.3, 0.4) is 0 Å². The predicted molar refractivity (Wildman–Crippen MR) is 100.0 cm³/mol. The Morgan fingerprint density at radius 2 is 1.60 bits per heavy atom. The van der Waals surface area contributed by atoms with Crippen LogP contribution in [0.15, 0.2) is 65.3 Å². The standard InChI is InChI=1S/C15H10BrN.C5H7O2.Ir/c16-12-8-9-15(17-10-12)14-7-3-5-11-4-1-2-6-13(11)14;1-4(6)3-5(2)7;/h1-10H;3H,1-2H3;. The zero-order valence-corrected chi connectivity index (χ0v) is 17.8. The molecule has 3 aromatic rings. The minimum atomic E-state index is -0.407. The first-order valence-electron chi connectivity index (χ1n) is 7.62. The normalized spacial score (nSPS) is 10.3. The number of hydrogen-bond donors (Lipinski definition) is 0. The Labute approximate surface area is 166 Å². The second-order valence-corrected chi connectivity index (χ2v) is 7.74. The van der Waals surface area contributed by atoms with Crippen molar-refractivity contribution in [2.24, 2.45) is 0 Å². The van der Waals surface area contributed by atoms with Crippen molar-refractivity contribution in [2.75, 3.05) is 0 Å². The van der Waals surface area contributed by atoms with E-state index in [0.29, 0.717) is 0 Å². The quantitative estimate of drug-likeness (QED) is 0.406. The SMILES string of the molecule is Brc1ccc(-c2cccc3ccccc23)nc1.CC(=O)[CH]([Ir])C(C)=O. The maximum atomic E-state index is 10.4. The number of halogens is 1. The van der Waals surface area contributed by atoms with Crippen LogP contribution in [-0.2, 0) is 28.5 Å². The first-order valence-corrected chi connectivity index (χ1v) is 9.80. The van der Waals surface area contributed by atoms with Crippen molar-refractivity contribution in [1.29, 1.82) is 0 Å². The van der Waals surface area contributed by atoms with Gasteiger partial charge < -0.3 is 0 Å². The number of fused-ring (bicyclic) bond motifs is 1. The van der Waals surface area contributed by atoms with Crippen molar-refractivity contribution >= 4 is 38.3 Å². The molecule has 0 aliphatic carbocycles. The summed E-state index contributed by atoms with van der Waals surface area (Å²) in [6, 6.07) is 18.7. The molecular weight excluding hydrogens is 558 g/mol. The second-order valence-electron chi connectivity index (χ2n) is 5.45. The average Bonchev–Trinajstić information content (AvgIpc) is 2.61. The molecule has 0 N–H and O–H groups in total. The van der Waals surface area contributed by atoms with Crippen molar-refractivity contribution in [3.63, 3.8) is 0 Å². The summed E-state index contributed by atoms with van der Waals surface area (Å²) in [6.45, 7) is 2.85. The summed E-state index contributed by atoms with van der Waals surface area (Å²) in [6.07, 6.45) is 1.83. The predicted octanol–water partition coefficient (Wildman–Crippen LogP) is 5.16. The van der Waals surface area contributed by atoms with E-state index in [0.717, 1.165) is 10.2 Å². The number of hydrogen-bond acceptors (Lipinski definition) is 3. The van der Waals surface area contributed by atoms with Crippen LogP contribution in [0.1, 0.15) is 13.8 Å². The van der Waals surface area contributed by atoms with Gasteiger partial charge in [0.05, 0.1) is 5.69 Å². The minimum absolute atomic E-state index is 0.0579. The van der Waals surface area contributed by atoms with E-state index in [1.165, 1.54) is 30.2 Å². The number of ketones is 2. The molecule has 5 heteroatoms. The molecule has 0 bridgehead atoms. The molecule has 25 heavy (non-hydrogen) atoms. The fraction of sp³-hybridized carbons (Fsp3) is 0.150. The van der Waals surface area contributed by atoms with Gasteiger partial charge in [0.15, 0.2) is 0 Å². The van der Waals surface area contributed by atoms with Gasteiger partial charge in [-0.3, -0.25) is 4.98 Å². The fourth-order valence-electron chi connectivity index (χ4n) is 2.27. The Kier molecular flexibility index (Phi) is 7.18. The number of aromatic nitrogens is 1. The third-order valence-electron chi connectivity index (χ3n) is 3.47. The van der Waals surface area contributed by atoms with Gasteiger partial charge in [0.25, 0.3) is 0 Å². The first kappa shape index (κ1) is 19.6. The summed E-state index contributed by atoms with van der Waals surface area (Å²) in [5, 5.41) is 2.49. The number of benzene rings is 2. The van der Waals surface area contributed by atoms with Crippen LogP contribution in [0, 0.1) is 0 Å². The monoisotopic (exact) mass is 575 g/mol. The van der Waals surface area contributed by atoms with Crippen LogP contribution in [-0.4, -0.2) is 16.6 Å². The van der Waals surface area contributed by atoms with Crippen LogP contribution >= 0.6 is 15.9 Å². The summed E-state index contributed by atoms with van der Waals surface area (Å²) in [7, 11) is 0. The topological polar surface area (TPSA) is 47.0 Å². The van der Waals surface area contributed by atoms with E-state index in [2.05, 4.69) is 63.4 Å². The molecule has 1 heterocycles. The molecule has 0 atom stereocenters. The first-order chi connectivity index (χ1) is 11.9. The van der Waals surface area contributed by atoms with Crippen LogP contribution in [0.25, 0.3) is 22.0 Å². The van der Waals surface area contributed by atoms with Gasteiger partial charge in [-0.1, -0.05) is 42.5 Å². The Morgan fingerprint density at radius 1 is 0.960 bits per heavy atom. The van der Waals surface area contributed by atoms with Crippen molar-refractivity contribution in [3.8, 4) is 11.3 Å². The number of carbonyl (C=O) groups excluding carboxylic acids is 2. The van der Waals surface area contributed by atoms with Crippen LogP contribution in [0.5, 0.6) is 0 Å². The van der Waals surface area contributed by atoms with Gasteiger partial charge in [0, 0.05) is 16.2 Å². The molecule has 2 aromatic carbocycles. The Balaban J connectivity index is 0.000000242. The molecule has 0 unspecified atom stereocenters. The van der Waals surface area contributed by atoms with Gasteiger partial charge in [0.1, 0.15) is 0 Å². The third kappa shape index (κ3) is 5.40. The molecule has 130 valence electrons. The third-order valence-corrected chi connectivity index (χ3v) is 5.89. The molecule has 0 radical (unpaired) electrons. The zero-order chi connectivity index (χ0) is 18.4. The van der Waals surface area contributed by atoms with E-state index in [1.54, 1.807) is 18.9 Å². The molecular formula is C20H17BrIrNO2. The Morgan fingerprint density at radius 3 is 2.16 bits per heavy atom. The van der Waals surface area contributed by atoms with Gasteiger partial charge in [-0.2, -0.15) is 0 Å². The van der Waals surface area contributed by atoms with Crippen molar-refractivity contribution in [2.45, 2.75) is 18.3 Å². The molecule has 1 aromatic heterocycles. The van der Waals surface area contributed by atoms with E-state index in [-0.39, 0.29) is 11.6 Å². The van der Waals surface area contributed by atoms with Gasteiger partial charge in [0.2, 0.25) is 0 Å². The summed E-state index contributed by atoms with van der Waals surface area (Å²) in [5.74, 6) is -0.116. The van der Waals surface area contributed by atoms with Crippen molar-refractivity contribution < 1.29 is 28.5 Å². The van der Waals surface area contributed by atoms with Gasteiger partial charge in [-0.25, -0.2) is 0 Å². The van der Waals surface area contributed by atoms with Gasteiger partial charge in [-0.05, 0) is 38.8 Å². The molecule has 3 rings (SSSR count). The molecule has 0 amide bonds. The number of nitrogens with zero attached hydrogens (tertiary/aromatic N) is 1. The van der Waals surface area contributed by atoms with E-state index < -0.39 is 4.43 Å². The molecule has 0 fully saturated rings. The molecule has 0 aliphatic rings. The molecule has 3 nitrogen and oxygen atoms in total. The number of carbonyl (C=O) groups is 2. The number of rotatable bonds is 3. The van der Waals surface area contributed by atoms with Gasteiger partial charge >= 0.3 is 58.3 Å². The zero-order valence-electron chi connectivity index (χ0n) is 13.8. The molecule has 0 saturated carbocycles. The Hall–Kier alpha value is -1.68. The maximum absolute atomic E-state index is 10.4. The average molecular weight is 575 g/mol. The van der Waals surface area contributed by atoms with Crippen LogP contribution < -0.4 is 0 Å². The summed E-state index contributed by atoms with van der Waals surface area (Å²) < 4.78 is 0.594. The molecule has 0 saturated heterocycles. The Bertz CT molecular complexity index is 874. The second kappa shape index (κ2) is 9.14. The van der Waals surface area contributed by atoms with E-state index in [9.17, 15) is 9.59 Å². The summed E-state index contributed by atoms with van der Waals surface area (Å²) in [4.78, 5) is 25.2. The van der Waals surface area contributed by atoms with Crippen molar-refractivity contribution in [3.05, 3.63) is 65.3 Å². The van der Waals surface area contributed by atoms with E-state index >= 15 is 0 Å². The van der Waals surface area contributed by atoms with Crippen LogP contribution in [0.2, 0.25) is 4.43 Å². The van der Waals surface area contributed by atoms with Crippen LogP contribution in [0.4, 0.5) is 0 Å². The fourth-order valence-corrected chi connectivity index (χ4v) is 2.50. The van der Waals surface area contributed by atoms with Crippen molar-refractivity contribution in [1.82, 2.24) is 4.98 Å². The van der Waals surface area contributed by atoms with E-state index in [4.69, 9.17) is 0 Å². The van der Waals surface area contributed by atoms with E-state index in [1.807, 2.05) is 18.3 Å². The van der Waals surface area contributed by atoms with Gasteiger partial charge in [-0.15, -0.1) is 0 Å². The summed E-state index contributed by atoms with van der Waals surface area (Å²) >= 11 is 5.02. The molecule has 0 spiro atoms.